The van der Waals surface area contributed by atoms with Crippen molar-refractivity contribution in [1.29, 1.82) is 0 Å². The number of rotatable bonds is 0. The highest BCUT2D eigenvalue weighted by molar-refractivity contribution is 7.08. The summed E-state index contributed by atoms with van der Waals surface area (Å²) in [5.41, 5.74) is 0. The van der Waals surface area contributed by atoms with Gasteiger partial charge in [0.25, 0.3) is 34.7 Å². The van der Waals surface area contributed by atoms with E-state index in [1.165, 1.54) is 6.42 Å². The highest BCUT2D eigenvalue weighted by atomic mass is 16.2. The summed E-state index contributed by atoms with van der Waals surface area (Å²) in [7, 11) is 0. The number of ketones is 7. The Labute approximate surface area is 107 Å². The molecule has 7 nitrogen and oxygen atoms in total. The summed E-state index contributed by atoms with van der Waals surface area (Å²) in [6.07, 6.45) is 5.24. The van der Waals surface area contributed by atoms with Gasteiger partial charge >= 0.3 is 0 Å². The monoisotopic (exact) mass is 266 g/mol. The van der Waals surface area contributed by atoms with Crippen LogP contribution in [0.4, 0.5) is 0 Å². The Bertz CT molecular complexity index is 387. The Morgan fingerprint density at radius 2 is 0.684 bits per heavy atom. The van der Waals surface area contributed by atoms with E-state index in [1.807, 2.05) is 0 Å². The van der Waals surface area contributed by atoms with E-state index in [9.17, 15) is 33.6 Å². The summed E-state index contributed by atoms with van der Waals surface area (Å²) in [6, 6.07) is 0. The van der Waals surface area contributed by atoms with Crippen LogP contribution in [0.15, 0.2) is 0 Å². The van der Waals surface area contributed by atoms with Gasteiger partial charge in [-0.1, -0.05) is 6.42 Å². The van der Waals surface area contributed by atoms with E-state index < -0.39 is 34.7 Å². The molecule has 0 bridgehead atoms. The molecular weight excluding hydrogens is 256 g/mol. The van der Waals surface area contributed by atoms with Crippen LogP contribution in [-0.2, 0) is 33.6 Å². The fourth-order valence-electron chi connectivity index (χ4n) is 1.56. The molecular formula is C12H10O7. The van der Waals surface area contributed by atoms with Gasteiger partial charge in [0.1, 0.15) is 5.78 Å². The smallest absolute Gasteiger partial charge is 0.281 e. The second-order valence-corrected chi connectivity index (χ2v) is 4.07. The van der Waals surface area contributed by atoms with Gasteiger partial charge in [-0.15, -0.1) is 0 Å². The van der Waals surface area contributed by atoms with Crippen molar-refractivity contribution in [2.75, 3.05) is 0 Å². The van der Waals surface area contributed by atoms with Crippen molar-refractivity contribution in [3.63, 3.8) is 0 Å². The van der Waals surface area contributed by atoms with Crippen LogP contribution < -0.4 is 0 Å². The molecule has 0 aromatic heterocycles. The Morgan fingerprint density at radius 1 is 0.421 bits per heavy atom. The fourth-order valence-corrected chi connectivity index (χ4v) is 1.56. The molecule has 0 saturated heterocycles. The zero-order chi connectivity index (χ0) is 14.6. The van der Waals surface area contributed by atoms with E-state index in [4.69, 9.17) is 0 Å². The molecule has 2 rings (SSSR count). The van der Waals surface area contributed by atoms with Gasteiger partial charge in [0, 0.05) is 12.8 Å². The standard InChI is InChI=1S/C6O6.C6H10O/c7-1-2(8)4(10)6(12)5(11)3(1)9;7-6-4-2-1-3-5-6/h;1-5H2. The molecule has 19 heavy (non-hydrogen) atoms. The Morgan fingerprint density at radius 3 is 0.842 bits per heavy atom. The van der Waals surface area contributed by atoms with Crippen molar-refractivity contribution in [3.05, 3.63) is 0 Å². The number of hydrogen-bond acceptors (Lipinski definition) is 7. The highest BCUT2D eigenvalue weighted by Crippen LogP contribution is 2.12. The highest BCUT2D eigenvalue weighted by Gasteiger charge is 2.47. The van der Waals surface area contributed by atoms with Gasteiger partial charge in [0.05, 0.1) is 0 Å². The third-order valence-electron chi connectivity index (χ3n) is 2.65. The van der Waals surface area contributed by atoms with Crippen LogP contribution in [0.2, 0.25) is 0 Å². The molecule has 0 spiro atoms. The van der Waals surface area contributed by atoms with Crippen LogP contribution in [-0.4, -0.2) is 40.5 Å². The largest absolute Gasteiger partial charge is 0.300 e. The van der Waals surface area contributed by atoms with Crippen molar-refractivity contribution < 1.29 is 33.6 Å². The maximum Gasteiger partial charge on any atom is 0.281 e. The molecule has 0 aromatic rings. The molecule has 0 radical (unpaired) electrons. The fraction of sp³-hybridized carbons (Fsp3) is 0.417. The van der Waals surface area contributed by atoms with Gasteiger partial charge in [-0.2, -0.15) is 0 Å². The van der Waals surface area contributed by atoms with E-state index in [2.05, 4.69) is 0 Å². The quantitative estimate of drug-likeness (QED) is 0.512. The van der Waals surface area contributed by atoms with Gasteiger partial charge in [0.15, 0.2) is 0 Å². The lowest BCUT2D eigenvalue weighted by atomic mass is 9.93. The number of hydrogen-bond donors (Lipinski definition) is 0. The van der Waals surface area contributed by atoms with E-state index in [0.717, 1.165) is 25.7 Å². The SMILES string of the molecule is O=C1C(=O)C(=O)C(=O)C(=O)C1=O.O=C1CCCCC1. The third kappa shape index (κ3) is 3.34. The van der Waals surface area contributed by atoms with Crippen molar-refractivity contribution in [3.8, 4) is 0 Å². The van der Waals surface area contributed by atoms with E-state index in [1.54, 1.807) is 0 Å². The second kappa shape index (κ2) is 6.03. The Hall–Kier alpha value is -2.31. The van der Waals surface area contributed by atoms with E-state index in [-0.39, 0.29) is 0 Å². The number of Topliss-reactive ketones (excluding diaryl/α,β-unsaturated/α-hetero) is 7. The van der Waals surface area contributed by atoms with Crippen molar-refractivity contribution in [2.24, 2.45) is 0 Å². The minimum Gasteiger partial charge on any atom is -0.300 e. The predicted molar refractivity (Wildman–Crippen MR) is 58.1 cm³/mol. The molecule has 0 unspecified atom stereocenters. The zero-order valence-corrected chi connectivity index (χ0v) is 9.89. The van der Waals surface area contributed by atoms with E-state index >= 15 is 0 Å². The van der Waals surface area contributed by atoms with Crippen LogP contribution in [0, 0.1) is 0 Å². The lowest BCUT2D eigenvalue weighted by Gasteiger charge is -2.05. The minimum absolute atomic E-state index is 0.464. The van der Waals surface area contributed by atoms with Crippen LogP contribution >= 0.6 is 0 Å². The predicted octanol–water partition coefficient (Wildman–Crippen LogP) is -1.07. The summed E-state index contributed by atoms with van der Waals surface area (Å²) in [6.45, 7) is 0. The van der Waals surface area contributed by atoms with Crippen LogP contribution in [0.25, 0.3) is 0 Å². The molecule has 2 aliphatic carbocycles. The topological polar surface area (TPSA) is 119 Å². The lowest BCUT2D eigenvalue weighted by molar-refractivity contribution is -0.158. The summed E-state index contributed by atoms with van der Waals surface area (Å²) < 4.78 is 0. The average molecular weight is 266 g/mol. The minimum atomic E-state index is -1.73. The summed E-state index contributed by atoms with van der Waals surface area (Å²) >= 11 is 0. The first-order valence-corrected chi connectivity index (χ1v) is 5.64. The average Bonchev–Trinajstić information content (AvgIpc) is 2.42. The first kappa shape index (κ1) is 14.7. The van der Waals surface area contributed by atoms with Crippen LogP contribution in [0.3, 0.4) is 0 Å². The van der Waals surface area contributed by atoms with Crippen molar-refractivity contribution in [2.45, 2.75) is 32.1 Å². The van der Waals surface area contributed by atoms with Gasteiger partial charge in [-0.05, 0) is 12.8 Å². The summed E-state index contributed by atoms with van der Waals surface area (Å²) in [5, 5.41) is 0. The number of carbonyl (C=O) groups is 7. The maximum absolute atomic E-state index is 10.5. The molecule has 0 aliphatic heterocycles. The van der Waals surface area contributed by atoms with E-state index in [0.29, 0.717) is 5.78 Å². The Kier molecular flexibility index (Phi) is 4.68. The lowest BCUT2D eigenvalue weighted by Crippen LogP contribution is -2.49. The van der Waals surface area contributed by atoms with Gasteiger partial charge in [-0.3, -0.25) is 33.6 Å². The van der Waals surface area contributed by atoms with Crippen LogP contribution in [0.5, 0.6) is 0 Å². The molecule has 100 valence electrons. The van der Waals surface area contributed by atoms with Crippen molar-refractivity contribution in [1.82, 2.24) is 0 Å². The molecule has 0 amide bonds. The first-order chi connectivity index (χ1) is 8.86. The Balaban J connectivity index is 0.000000218. The summed E-state index contributed by atoms with van der Waals surface area (Å²) in [5.74, 6) is -9.93. The summed E-state index contributed by atoms with van der Waals surface area (Å²) in [4.78, 5) is 72.9. The molecule has 2 aliphatic rings. The maximum atomic E-state index is 10.5. The molecule has 0 aromatic carbocycles. The molecule has 0 heterocycles. The first-order valence-electron chi connectivity index (χ1n) is 5.64. The van der Waals surface area contributed by atoms with Gasteiger partial charge < -0.3 is 0 Å². The molecule has 0 atom stereocenters. The zero-order valence-electron chi connectivity index (χ0n) is 9.89. The molecule has 2 fully saturated rings. The molecule has 2 saturated carbocycles. The number of carbonyl (C=O) groups excluding carboxylic acids is 7. The van der Waals surface area contributed by atoms with Gasteiger partial charge in [0.2, 0.25) is 0 Å². The van der Waals surface area contributed by atoms with Crippen molar-refractivity contribution >= 4 is 40.5 Å². The van der Waals surface area contributed by atoms with Gasteiger partial charge in [-0.25, -0.2) is 0 Å². The molecule has 0 N–H and O–H groups in total. The third-order valence-corrected chi connectivity index (χ3v) is 2.65. The molecule has 7 heteroatoms. The normalized spacial score (nSPS) is 20.3. The van der Waals surface area contributed by atoms with Crippen LogP contribution in [0.1, 0.15) is 32.1 Å². The second-order valence-electron chi connectivity index (χ2n) is 4.07.